The highest BCUT2D eigenvalue weighted by atomic mass is 32.2. The molecule has 0 saturated heterocycles. The standard InChI is InChI=1S/C21H16N2O3S2/c24-19-18-15(13-6-2-1-3-7-13)12-27-20(18)23-21(22-19)28-11-14-10-25-16-8-4-5-9-17(16)26-14/h1-9,12,14H,10-11H2,(H,22,23,24)/t14-/m1/s1. The Hall–Kier alpha value is -2.77. The minimum atomic E-state index is -0.112. The average molecular weight is 409 g/mol. The predicted octanol–water partition coefficient (Wildman–Crippen LogP) is 4.58. The molecule has 3 heterocycles. The van der Waals surface area contributed by atoms with Crippen molar-refractivity contribution < 1.29 is 9.47 Å². The van der Waals surface area contributed by atoms with Crippen molar-refractivity contribution in [3.05, 3.63) is 70.3 Å². The van der Waals surface area contributed by atoms with Gasteiger partial charge in [-0.1, -0.05) is 54.2 Å². The molecule has 0 fully saturated rings. The molecule has 4 aromatic rings. The van der Waals surface area contributed by atoms with E-state index in [1.807, 2.05) is 60.0 Å². The zero-order chi connectivity index (χ0) is 18.9. The molecule has 7 heteroatoms. The van der Waals surface area contributed by atoms with Gasteiger partial charge in [0.25, 0.3) is 5.56 Å². The Bertz CT molecular complexity index is 1190. The fourth-order valence-corrected chi connectivity index (χ4v) is 4.98. The van der Waals surface area contributed by atoms with Crippen molar-refractivity contribution >= 4 is 33.3 Å². The molecule has 0 bridgehead atoms. The smallest absolute Gasteiger partial charge is 0.260 e. The molecule has 1 aliphatic heterocycles. The zero-order valence-electron chi connectivity index (χ0n) is 14.8. The summed E-state index contributed by atoms with van der Waals surface area (Å²) >= 11 is 2.96. The van der Waals surface area contributed by atoms with E-state index in [-0.39, 0.29) is 11.7 Å². The molecule has 0 radical (unpaired) electrons. The summed E-state index contributed by atoms with van der Waals surface area (Å²) in [6.07, 6.45) is -0.0934. The normalized spacial score (nSPS) is 15.6. The van der Waals surface area contributed by atoms with Crippen LogP contribution in [0.25, 0.3) is 21.3 Å². The van der Waals surface area contributed by atoms with Crippen LogP contribution in [0.4, 0.5) is 0 Å². The summed E-state index contributed by atoms with van der Waals surface area (Å²) in [7, 11) is 0. The van der Waals surface area contributed by atoms with Gasteiger partial charge in [0, 0.05) is 16.7 Å². The third kappa shape index (κ3) is 3.27. The number of thioether (sulfide) groups is 1. The highest BCUT2D eigenvalue weighted by Crippen LogP contribution is 2.33. The molecule has 0 aliphatic carbocycles. The molecule has 0 saturated carbocycles. The molecule has 2 aromatic heterocycles. The van der Waals surface area contributed by atoms with Crippen LogP contribution < -0.4 is 15.0 Å². The summed E-state index contributed by atoms with van der Waals surface area (Å²) in [5, 5.41) is 3.24. The van der Waals surface area contributed by atoms with E-state index in [0.29, 0.717) is 22.9 Å². The van der Waals surface area contributed by atoms with Gasteiger partial charge in [-0.2, -0.15) is 0 Å². The van der Waals surface area contributed by atoms with Crippen molar-refractivity contribution in [2.45, 2.75) is 11.3 Å². The van der Waals surface area contributed by atoms with Gasteiger partial charge >= 0.3 is 0 Å². The number of rotatable bonds is 4. The Morgan fingerprint density at radius 1 is 1.11 bits per heavy atom. The number of nitrogens with one attached hydrogen (secondary N) is 1. The number of para-hydroxylation sites is 2. The van der Waals surface area contributed by atoms with E-state index in [1.54, 1.807) is 0 Å². The molecule has 0 unspecified atom stereocenters. The van der Waals surface area contributed by atoms with Crippen molar-refractivity contribution in [3.63, 3.8) is 0 Å². The lowest BCUT2D eigenvalue weighted by molar-refractivity contribution is 0.107. The maximum atomic E-state index is 12.7. The molecule has 1 atom stereocenters. The molecule has 0 spiro atoms. The van der Waals surface area contributed by atoms with Crippen molar-refractivity contribution in [2.24, 2.45) is 0 Å². The molecule has 5 rings (SSSR count). The van der Waals surface area contributed by atoms with Crippen LogP contribution in [-0.4, -0.2) is 28.4 Å². The lowest BCUT2D eigenvalue weighted by Gasteiger charge is -2.25. The van der Waals surface area contributed by atoms with E-state index in [0.717, 1.165) is 27.5 Å². The van der Waals surface area contributed by atoms with Gasteiger partial charge < -0.3 is 14.5 Å². The minimum Gasteiger partial charge on any atom is -0.486 e. The van der Waals surface area contributed by atoms with Gasteiger partial charge in [0.15, 0.2) is 16.7 Å². The Morgan fingerprint density at radius 2 is 1.89 bits per heavy atom. The van der Waals surface area contributed by atoms with Gasteiger partial charge in [-0.25, -0.2) is 4.98 Å². The highest BCUT2D eigenvalue weighted by molar-refractivity contribution is 7.99. The van der Waals surface area contributed by atoms with Gasteiger partial charge in [0.1, 0.15) is 17.5 Å². The topological polar surface area (TPSA) is 64.2 Å². The first-order valence-corrected chi connectivity index (χ1v) is 10.7. The lowest BCUT2D eigenvalue weighted by Crippen LogP contribution is -2.31. The third-order valence-corrected chi connectivity index (χ3v) is 6.36. The van der Waals surface area contributed by atoms with E-state index < -0.39 is 0 Å². The van der Waals surface area contributed by atoms with Crippen molar-refractivity contribution in [2.75, 3.05) is 12.4 Å². The van der Waals surface area contributed by atoms with E-state index in [2.05, 4.69) is 9.97 Å². The molecular weight excluding hydrogens is 392 g/mol. The summed E-state index contributed by atoms with van der Waals surface area (Å²) in [5.74, 6) is 2.16. The lowest BCUT2D eigenvalue weighted by atomic mass is 10.1. The second-order valence-corrected chi connectivity index (χ2v) is 8.24. The van der Waals surface area contributed by atoms with Crippen LogP contribution in [0.15, 0.2) is 69.9 Å². The summed E-state index contributed by atoms with van der Waals surface area (Å²) in [6.45, 7) is 0.480. The largest absolute Gasteiger partial charge is 0.486 e. The first-order valence-electron chi connectivity index (χ1n) is 8.86. The Morgan fingerprint density at radius 3 is 2.75 bits per heavy atom. The molecule has 5 nitrogen and oxygen atoms in total. The second-order valence-electron chi connectivity index (χ2n) is 6.38. The molecule has 140 valence electrons. The van der Waals surface area contributed by atoms with E-state index in [9.17, 15) is 4.79 Å². The second kappa shape index (κ2) is 7.33. The first-order chi connectivity index (χ1) is 13.8. The Kier molecular flexibility index (Phi) is 4.54. The highest BCUT2D eigenvalue weighted by Gasteiger charge is 2.21. The molecular formula is C21H16N2O3S2. The van der Waals surface area contributed by atoms with Crippen molar-refractivity contribution in [3.8, 4) is 22.6 Å². The van der Waals surface area contributed by atoms with E-state index >= 15 is 0 Å². The van der Waals surface area contributed by atoms with E-state index in [4.69, 9.17) is 9.47 Å². The predicted molar refractivity (Wildman–Crippen MR) is 113 cm³/mol. The Labute approximate surface area is 169 Å². The van der Waals surface area contributed by atoms with Crippen LogP contribution in [0.3, 0.4) is 0 Å². The van der Waals surface area contributed by atoms with Crippen LogP contribution in [0.5, 0.6) is 11.5 Å². The average Bonchev–Trinajstić information content (AvgIpc) is 3.17. The fraction of sp³-hybridized carbons (Fsp3) is 0.143. The fourth-order valence-electron chi connectivity index (χ4n) is 3.14. The number of aromatic nitrogens is 2. The maximum absolute atomic E-state index is 12.7. The Balaban J connectivity index is 1.36. The number of nitrogens with zero attached hydrogens (tertiary/aromatic N) is 1. The van der Waals surface area contributed by atoms with Gasteiger partial charge in [0.05, 0.1) is 5.39 Å². The number of aromatic amines is 1. The summed E-state index contributed by atoms with van der Waals surface area (Å²) in [5.41, 5.74) is 1.83. The molecule has 28 heavy (non-hydrogen) atoms. The summed E-state index contributed by atoms with van der Waals surface area (Å²) in [6, 6.07) is 17.5. The van der Waals surface area contributed by atoms with Gasteiger partial charge in [-0.3, -0.25) is 4.79 Å². The van der Waals surface area contributed by atoms with Crippen LogP contribution in [0.1, 0.15) is 0 Å². The number of H-pyrrole nitrogens is 1. The van der Waals surface area contributed by atoms with Crippen LogP contribution in [0, 0.1) is 0 Å². The number of thiophene rings is 1. The van der Waals surface area contributed by atoms with Crippen LogP contribution >= 0.6 is 23.1 Å². The van der Waals surface area contributed by atoms with Crippen LogP contribution in [0.2, 0.25) is 0 Å². The summed E-state index contributed by atoms with van der Waals surface area (Å²) in [4.78, 5) is 21.0. The van der Waals surface area contributed by atoms with E-state index in [1.165, 1.54) is 23.1 Å². The third-order valence-electron chi connectivity index (χ3n) is 4.48. The summed E-state index contributed by atoms with van der Waals surface area (Å²) < 4.78 is 11.7. The molecule has 1 N–H and O–H groups in total. The van der Waals surface area contributed by atoms with Crippen LogP contribution in [-0.2, 0) is 0 Å². The number of benzene rings is 2. The van der Waals surface area contributed by atoms with Gasteiger partial charge in [-0.15, -0.1) is 11.3 Å². The van der Waals surface area contributed by atoms with Gasteiger partial charge in [0.2, 0.25) is 0 Å². The molecule has 0 amide bonds. The SMILES string of the molecule is O=c1[nH]c(SC[C@H]2COc3ccccc3O2)nc2scc(-c3ccccc3)c12. The number of ether oxygens (including phenoxy) is 2. The minimum absolute atomic E-state index is 0.0934. The number of hydrogen-bond donors (Lipinski definition) is 1. The number of fused-ring (bicyclic) bond motifs is 2. The molecule has 2 aromatic carbocycles. The maximum Gasteiger partial charge on any atom is 0.260 e. The quantitative estimate of drug-likeness (QED) is 0.395. The van der Waals surface area contributed by atoms with Crippen molar-refractivity contribution in [1.29, 1.82) is 0 Å². The monoisotopic (exact) mass is 408 g/mol. The van der Waals surface area contributed by atoms with Gasteiger partial charge in [-0.05, 0) is 17.7 Å². The van der Waals surface area contributed by atoms with Crippen molar-refractivity contribution in [1.82, 2.24) is 9.97 Å². The zero-order valence-corrected chi connectivity index (χ0v) is 16.4. The molecule has 1 aliphatic rings. The number of hydrogen-bond acceptors (Lipinski definition) is 6. The first kappa shape index (κ1) is 17.3.